The molecule has 6 heteroatoms. The molecule has 1 rings (SSSR count). The van der Waals surface area contributed by atoms with Crippen LogP contribution in [0, 0.1) is 12.3 Å². The summed E-state index contributed by atoms with van der Waals surface area (Å²) in [5.74, 6) is 1.17. The van der Waals surface area contributed by atoms with Gasteiger partial charge in [-0.2, -0.15) is 0 Å². The molecule has 2 N–H and O–H groups in total. The van der Waals surface area contributed by atoms with Crippen LogP contribution >= 0.6 is 0 Å². The maximum Gasteiger partial charge on any atom is 0.323 e. The third kappa shape index (κ3) is 3.96. The monoisotopic (exact) mass is 240 g/mol. The van der Waals surface area contributed by atoms with E-state index in [2.05, 4.69) is 11.2 Å². The number of urea groups is 1. The Labute approximate surface area is 99.9 Å². The molecule has 0 radical (unpaired) electrons. The number of terminal acetylenes is 1. The van der Waals surface area contributed by atoms with Crippen LogP contribution < -0.4 is 5.32 Å². The second-order valence-electron chi connectivity index (χ2n) is 4.25. The van der Waals surface area contributed by atoms with Gasteiger partial charge in [0.1, 0.15) is 6.54 Å². The third-order valence-electron chi connectivity index (χ3n) is 2.52. The van der Waals surface area contributed by atoms with Crippen molar-refractivity contribution in [2.24, 2.45) is 0 Å². The predicted molar refractivity (Wildman–Crippen MR) is 60.4 cm³/mol. The molecular weight excluding hydrogens is 224 g/mol. The number of ether oxygens (including phenoxy) is 1. The standard InChI is InChI=1S/C11H16N2O4/c1-3-5-13(7-9(14)15)10(16)12-11(2)4-6-17-8-11/h1H,4-8H2,2H3,(H,12,16)(H,14,15). The Hall–Kier alpha value is -1.74. The van der Waals surface area contributed by atoms with Crippen molar-refractivity contribution in [1.82, 2.24) is 10.2 Å². The number of carboxylic acids is 1. The van der Waals surface area contributed by atoms with E-state index < -0.39 is 24.1 Å². The zero-order valence-electron chi connectivity index (χ0n) is 9.73. The van der Waals surface area contributed by atoms with Crippen molar-refractivity contribution >= 4 is 12.0 Å². The number of nitrogens with one attached hydrogen (secondary N) is 1. The predicted octanol–water partition coefficient (Wildman–Crippen LogP) is -0.105. The summed E-state index contributed by atoms with van der Waals surface area (Å²) in [4.78, 5) is 23.5. The molecule has 1 heterocycles. The fourth-order valence-corrected chi connectivity index (χ4v) is 1.58. The average Bonchev–Trinajstić information content (AvgIpc) is 2.63. The van der Waals surface area contributed by atoms with E-state index in [4.69, 9.17) is 16.3 Å². The van der Waals surface area contributed by atoms with Crippen LogP contribution in [0.25, 0.3) is 0 Å². The minimum atomic E-state index is -1.09. The number of aliphatic carboxylic acids is 1. The highest BCUT2D eigenvalue weighted by Gasteiger charge is 2.32. The van der Waals surface area contributed by atoms with Crippen LogP contribution in [0.1, 0.15) is 13.3 Å². The summed E-state index contributed by atoms with van der Waals surface area (Å²) in [6.45, 7) is 2.43. The van der Waals surface area contributed by atoms with Crippen molar-refractivity contribution in [1.29, 1.82) is 0 Å². The molecule has 17 heavy (non-hydrogen) atoms. The lowest BCUT2D eigenvalue weighted by molar-refractivity contribution is -0.137. The Bertz CT molecular complexity index is 342. The van der Waals surface area contributed by atoms with Crippen molar-refractivity contribution in [3.8, 4) is 12.3 Å². The Morgan fingerprint density at radius 2 is 2.35 bits per heavy atom. The molecule has 94 valence electrons. The smallest absolute Gasteiger partial charge is 0.323 e. The minimum absolute atomic E-state index is 0.0327. The highest BCUT2D eigenvalue weighted by molar-refractivity contribution is 5.80. The van der Waals surface area contributed by atoms with E-state index in [0.29, 0.717) is 19.6 Å². The van der Waals surface area contributed by atoms with Gasteiger partial charge in [-0.05, 0) is 13.3 Å². The molecule has 0 aromatic carbocycles. The molecule has 0 aliphatic carbocycles. The Morgan fingerprint density at radius 1 is 1.65 bits per heavy atom. The molecular formula is C11H16N2O4. The lowest BCUT2D eigenvalue weighted by atomic mass is 10.0. The molecule has 1 atom stereocenters. The lowest BCUT2D eigenvalue weighted by Crippen LogP contribution is -2.53. The number of amides is 2. The van der Waals surface area contributed by atoms with Gasteiger partial charge in [-0.3, -0.25) is 4.79 Å². The van der Waals surface area contributed by atoms with Crippen molar-refractivity contribution in [3.63, 3.8) is 0 Å². The molecule has 1 saturated heterocycles. The second-order valence-corrected chi connectivity index (χ2v) is 4.25. The van der Waals surface area contributed by atoms with Crippen molar-refractivity contribution in [2.75, 3.05) is 26.3 Å². The van der Waals surface area contributed by atoms with E-state index in [1.807, 2.05) is 6.92 Å². The zero-order chi connectivity index (χ0) is 12.9. The van der Waals surface area contributed by atoms with Gasteiger partial charge < -0.3 is 20.1 Å². The van der Waals surface area contributed by atoms with Gasteiger partial charge in [0, 0.05) is 6.61 Å². The van der Waals surface area contributed by atoms with Gasteiger partial charge >= 0.3 is 12.0 Å². The molecule has 0 aromatic rings. The van der Waals surface area contributed by atoms with Crippen LogP contribution in [-0.2, 0) is 9.53 Å². The maximum absolute atomic E-state index is 11.8. The molecule has 0 bridgehead atoms. The molecule has 1 aliphatic heterocycles. The highest BCUT2D eigenvalue weighted by atomic mass is 16.5. The van der Waals surface area contributed by atoms with Gasteiger partial charge in [-0.1, -0.05) is 5.92 Å². The van der Waals surface area contributed by atoms with Gasteiger partial charge in [-0.15, -0.1) is 6.42 Å². The number of hydrogen-bond acceptors (Lipinski definition) is 3. The minimum Gasteiger partial charge on any atom is -0.480 e. The van der Waals surface area contributed by atoms with Gasteiger partial charge in [0.15, 0.2) is 0 Å². The van der Waals surface area contributed by atoms with E-state index in [1.165, 1.54) is 0 Å². The maximum atomic E-state index is 11.8. The van der Waals surface area contributed by atoms with Crippen LogP contribution in [0.5, 0.6) is 0 Å². The lowest BCUT2D eigenvalue weighted by Gasteiger charge is -2.27. The van der Waals surface area contributed by atoms with Gasteiger partial charge in [0.05, 0.1) is 18.7 Å². The highest BCUT2D eigenvalue weighted by Crippen LogP contribution is 2.17. The summed E-state index contributed by atoms with van der Waals surface area (Å²) in [7, 11) is 0. The second kappa shape index (κ2) is 5.55. The van der Waals surface area contributed by atoms with E-state index in [0.717, 1.165) is 4.90 Å². The number of carboxylic acid groups (broad SMARTS) is 1. The molecule has 0 spiro atoms. The van der Waals surface area contributed by atoms with E-state index >= 15 is 0 Å². The first-order chi connectivity index (χ1) is 7.97. The van der Waals surface area contributed by atoms with Crippen molar-refractivity contribution < 1.29 is 19.4 Å². The molecule has 6 nitrogen and oxygen atoms in total. The zero-order valence-corrected chi connectivity index (χ0v) is 9.73. The van der Waals surface area contributed by atoms with Gasteiger partial charge in [-0.25, -0.2) is 4.79 Å². The van der Waals surface area contributed by atoms with Crippen molar-refractivity contribution in [2.45, 2.75) is 18.9 Å². The first kappa shape index (κ1) is 13.3. The van der Waals surface area contributed by atoms with E-state index in [-0.39, 0.29) is 6.54 Å². The van der Waals surface area contributed by atoms with Gasteiger partial charge in [0.2, 0.25) is 0 Å². The normalized spacial score (nSPS) is 22.8. The molecule has 2 amide bonds. The van der Waals surface area contributed by atoms with Crippen LogP contribution in [-0.4, -0.2) is 53.8 Å². The van der Waals surface area contributed by atoms with Crippen molar-refractivity contribution in [3.05, 3.63) is 0 Å². The summed E-state index contributed by atoms with van der Waals surface area (Å²) in [6, 6.07) is -0.474. The number of hydrogen-bond donors (Lipinski definition) is 2. The number of carbonyl (C=O) groups excluding carboxylic acids is 1. The topological polar surface area (TPSA) is 78.9 Å². The average molecular weight is 240 g/mol. The summed E-state index contributed by atoms with van der Waals surface area (Å²) in [6.07, 6.45) is 5.80. The molecule has 1 fully saturated rings. The third-order valence-corrected chi connectivity index (χ3v) is 2.52. The Morgan fingerprint density at radius 3 is 2.82 bits per heavy atom. The van der Waals surface area contributed by atoms with Gasteiger partial charge in [0.25, 0.3) is 0 Å². The summed E-state index contributed by atoms with van der Waals surface area (Å²) < 4.78 is 5.19. The van der Waals surface area contributed by atoms with Crippen LogP contribution in [0.2, 0.25) is 0 Å². The largest absolute Gasteiger partial charge is 0.480 e. The fourth-order valence-electron chi connectivity index (χ4n) is 1.58. The number of rotatable bonds is 4. The van der Waals surface area contributed by atoms with Crippen LogP contribution in [0.15, 0.2) is 0 Å². The fraction of sp³-hybridized carbons (Fsp3) is 0.636. The Kier molecular flexibility index (Phi) is 4.35. The molecule has 1 aliphatic rings. The quantitative estimate of drug-likeness (QED) is 0.672. The summed E-state index contributed by atoms with van der Waals surface area (Å²) in [5, 5.41) is 11.4. The first-order valence-corrected chi connectivity index (χ1v) is 5.27. The number of carbonyl (C=O) groups is 2. The van der Waals surface area contributed by atoms with E-state index in [1.54, 1.807) is 0 Å². The Balaban J connectivity index is 2.58. The summed E-state index contributed by atoms with van der Waals surface area (Å²) >= 11 is 0. The SMILES string of the molecule is C#CCN(CC(=O)O)C(=O)NC1(C)CCOC1. The van der Waals surface area contributed by atoms with Crippen LogP contribution in [0.3, 0.4) is 0 Å². The summed E-state index contributed by atoms with van der Waals surface area (Å²) in [5.41, 5.74) is -0.442. The first-order valence-electron chi connectivity index (χ1n) is 5.27. The molecule has 1 unspecified atom stereocenters. The molecule has 0 saturated carbocycles. The van der Waals surface area contributed by atoms with E-state index in [9.17, 15) is 9.59 Å². The number of nitrogens with zero attached hydrogens (tertiary/aromatic N) is 1. The molecule has 0 aromatic heterocycles. The van der Waals surface area contributed by atoms with Crippen LogP contribution in [0.4, 0.5) is 4.79 Å².